The third-order valence-electron chi connectivity index (χ3n) is 7.88. The molecule has 5 aromatic rings. The number of nitrogens with one attached hydrogen (secondary N) is 2. The molecule has 0 aliphatic heterocycles. The Bertz CT molecular complexity index is 1630. The molecule has 0 atom stereocenters. The Kier molecular flexibility index (Phi) is 7.80. The fourth-order valence-corrected chi connectivity index (χ4v) is 5.64. The van der Waals surface area contributed by atoms with E-state index in [9.17, 15) is 9.59 Å². The second kappa shape index (κ2) is 12.1. The van der Waals surface area contributed by atoms with Crippen molar-refractivity contribution in [2.24, 2.45) is 0 Å². The summed E-state index contributed by atoms with van der Waals surface area (Å²) in [6, 6.07) is 30.1. The quantitative estimate of drug-likeness (QED) is 0.234. The molecule has 2 amide bonds. The van der Waals surface area contributed by atoms with Gasteiger partial charge in [0.1, 0.15) is 0 Å². The van der Waals surface area contributed by atoms with Crippen molar-refractivity contribution >= 4 is 34.2 Å². The number of nitrogens with zero attached hydrogens (tertiary/aromatic N) is 4. The summed E-state index contributed by atoms with van der Waals surface area (Å²) in [5.41, 5.74) is 4.58. The first-order valence-corrected chi connectivity index (χ1v) is 14.1. The monoisotopic (exact) mass is 544 g/mol. The first kappa shape index (κ1) is 26.4. The fourth-order valence-electron chi connectivity index (χ4n) is 5.64. The van der Waals surface area contributed by atoms with Gasteiger partial charge in [-0.3, -0.25) is 14.9 Å². The highest BCUT2D eigenvalue weighted by Crippen LogP contribution is 2.33. The van der Waals surface area contributed by atoms with Crippen molar-refractivity contribution in [2.75, 3.05) is 10.2 Å². The Morgan fingerprint density at radius 2 is 1.56 bits per heavy atom. The molecule has 1 aromatic heterocycles. The molecule has 8 nitrogen and oxygen atoms in total. The molecule has 1 aliphatic carbocycles. The molecular formula is C33H32N6O2. The van der Waals surface area contributed by atoms with Gasteiger partial charge in [0.25, 0.3) is 11.9 Å². The van der Waals surface area contributed by atoms with E-state index >= 15 is 0 Å². The molecule has 206 valence electrons. The van der Waals surface area contributed by atoms with Crippen molar-refractivity contribution in [3.8, 4) is 0 Å². The predicted molar refractivity (Wildman–Crippen MR) is 160 cm³/mol. The van der Waals surface area contributed by atoms with Crippen molar-refractivity contribution < 1.29 is 9.59 Å². The van der Waals surface area contributed by atoms with Crippen molar-refractivity contribution in [1.82, 2.24) is 20.6 Å². The van der Waals surface area contributed by atoms with Gasteiger partial charge in [-0.1, -0.05) is 91.1 Å². The van der Waals surface area contributed by atoms with Crippen molar-refractivity contribution in [1.29, 1.82) is 0 Å². The van der Waals surface area contributed by atoms with Crippen LogP contribution in [-0.2, 0) is 17.8 Å². The van der Waals surface area contributed by atoms with Crippen LogP contribution in [0.15, 0.2) is 91.0 Å². The molecule has 0 bridgehead atoms. The van der Waals surface area contributed by atoms with Gasteiger partial charge in [0.05, 0.1) is 13.0 Å². The average molecular weight is 545 g/mol. The Morgan fingerprint density at radius 1 is 0.829 bits per heavy atom. The molecular weight excluding hydrogens is 512 g/mol. The molecule has 0 unspecified atom stereocenters. The van der Waals surface area contributed by atoms with Crippen molar-refractivity contribution in [3.05, 3.63) is 113 Å². The maximum atomic E-state index is 13.8. The summed E-state index contributed by atoms with van der Waals surface area (Å²) >= 11 is 0. The van der Waals surface area contributed by atoms with Crippen LogP contribution in [0, 0.1) is 0 Å². The Balaban J connectivity index is 1.23. The summed E-state index contributed by atoms with van der Waals surface area (Å²) in [5, 5.41) is 18.1. The summed E-state index contributed by atoms with van der Waals surface area (Å²) in [7, 11) is 0. The summed E-state index contributed by atoms with van der Waals surface area (Å²) in [5.74, 6) is 0.400. The van der Waals surface area contributed by atoms with E-state index in [0.29, 0.717) is 24.4 Å². The van der Waals surface area contributed by atoms with E-state index in [1.807, 2.05) is 35.2 Å². The molecule has 4 aromatic carbocycles. The largest absolute Gasteiger partial charge is 0.308 e. The second-order valence-electron chi connectivity index (χ2n) is 10.7. The van der Waals surface area contributed by atoms with Crippen LogP contribution in [-0.4, -0.2) is 32.4 Å². The van der Waals surface area contributed by atoms with Gasteiger partial charge in [-0.05, 0) is 75.7 Å². The van der Waals surface area contributed by atoms with E-state index in [0.717, 1.165) is 27.6 Å². The van der Waals surface area contributed by atoms with Gasteiger partial charge >= 0.3 is 0 Å². The summed E-state index contributed by atoms with van der Waals surface area (Å²) in [6.45, 7) is 0.391. The third kappa shape index (κ3) is 6.32. The molecule has 0 spiro atoms. The smallest absolute Gasteiger partial charge is 0.270 e. The Hall–Kier alpha value is -4.85. The second-order valence-corrected chi connectivity index (χ2v) is 10.7. The lowest BCUT2D eigenvalue weighted by molar-refractivity contribution is -0.118. The maximum Gasteiger partial charge on any atom is 0.270 e. The van der Waals surface area contributed by atoms with E-state index in [2.05, 4.69) is 74.5 Å². The number of rotatable bonds is 8. The van der Waals surface area contributed by atoms with Gasteiger partial charge in [0, 0.05) is 11.3 Å². The molecule has 2 N–H and O–H groups in total. The normalized spacial score (nSPS) is 13.7. The number of hydrogen-bond donors (Lipinski definition) is 2. The van der Waals surface area contributed by atoms with Gasteiger partial charge in [0.15, 0.2) is 0 Å². The number of fused-ring (bicyclic) bond motifs is 1. The molecule has 8 heteroatoms. The summed E-state index contributed by atoms with van der Waals surface area (Å²) in [4.78, 5) is 28.2. The van der Waals surface area contributed by atoms with E-state index in [4.69, 9.17) is 0 Å². The Labute approximate surface area is 238 Å². The van der Waals surface area contributed by atoms with E-state index in [1.165, 1.54) is 37.7 Å². The number of aromatic amines is 1. The zero-order chi connectivity index (χ0) is 28.0. The number of aromatic nitrogens is 4. The summed E-state index contributed by atoms with van der Waals surface area (Å²) in [6.07, 6.45) is 6.65. The minimum atomic E-state index is -0.333. The zero-order valence-corrected chi connectivity index (χ0v) is 22.8. The van der Waals surface area contributed by atoms with Gasteiger partial charge < -0.3 is 4.90 Å². The van der Waals surface area contributed by atoms with E-state index in [-0.39, 0.29) is 17.8 Å². The number of anilines is 2. The highest BCUT2D eigenvalue weighted by Gasteiger charge is 2.20. The van der Waals surface area contributed by atoms with Crippen molar-refractivity contribution in [2.45, 2.75) is 51.0 Å². The molecule has 1 fully saturated rings. The lowest BCUT2D eigenvalue weighted by atomic mass is 9.84. The van der Waals surface area contributed by atoms with Gasteiger partial charge in [-0.15, -0.1) is 5.10 Å². The number of hydrogen-bond acceptors (Lipinski definition) is 5. The van der Waals surface area contributed by atoms with Gasteiger partial charge in [0.2, 0.25) is 5.91 Å². The lowest BCUT2D eigenvalue weighted by Gasteiger charge is -2.26. The number of amides is 2. The molecule has 6 rings (SSSR count). The molecule has 1 saturated carbocycles. The molecule has 0 radical (unpaired) electrons. The minimum Gasteiger partial charge on any atom is -0.308 e. The zero-order valence-electron chi connectivity index (χ0n) is 22.8. The lowest BCUT2D eigenvalue weighted by Crippen LogP contribution is -2.31. The average Bonchev–Trinajstić information content (AvgIpc) is 3.54. The van der Waals surface area contributed by atoms with Gasteiger partial charge in [-0.2, -0.15) is 5.21 Å². The number of carbonyl (C=O) groups excluding carboxylic acids is 2. The van der Waals surface area contributed by atoms with Crippen LogP contribution >= 0.6 is 0 Å². The number of benzene rings is 4. The first-order chi connectivity index (χ1) is 20.1. The van der Waals surface area contributed by atoms with Crippen LogP contribution in [0.3, 0.4) is 0 Å². The highest BCUT2D eigenvalue weighted by atomic mass is 16.2. The third-order valence-corrected chi connectivity index (χ3v) is 7.88. The van der Waals surface area contributed by atoms with Crippen LogP contribution in [0.2, 0.25) is 0 Å². The highest BCUT2D eigenvalue weighted by molar-refractivity contribution is 6.03. The fraction of sp³-hybridized carbons (Fsp3) is 0.242. The SMILES string of the molecule is O=C(Nc1nn[nH]n1)c1ccc(CN(C(=O)Cc2ccc3ccccc3c2)c2ccc(C3CCCCC3)cc2)cc1. The topological polar surface area (TPSA) is 104 Å². The van der Waals surface area contributed by atoms with Crippen LogP contribution in [0.25, 0.3) is 10.8 Å². The van der Waals surface area contributed by atoms with E-state index in [1.54, 1.807) is 12.1 Å². The Morgan fingerprint density at radius 3 is 2.29 bits per heavy atom. The summed E-state index contributed by atoms with van der Waals surface area (Å²) < 4.78 is 0. The number of carbonyl (C=O) groups is 2. The van der Waals surface area contributed by atoms with Crippen LogP contribution in [0.4, 0.5) is 11.6 Å². The van der Waals surface area contributed by atoms with Crippen LogP contribution in [0.1, 0.15) is 65.1 Å². The van der Waals surface area contributed by atoms with Crippen molar-refractivity contribution in [3.63, 3.8) is 0 Å². The molecule has 1 heterocycles. The maximum absolute atomic E-state index is 13.8. The number of H-pyrrole nitrogens is 1. The minimum absolute atomic E-state index is 0.0182. The van der Waals surface area contributed by atoms with Gasteiger partial charge in [-0.25, -0.2) is 0 Å². The standard InChI is InChI=1S/C33H32N6O2/c40-31(21-24-12-13-26-8-4-5-9-29(26)20-24)39(30-18-16-27(17-19-30)25-6-2-1-3-7-25)22-23-10-14-28(15-11-23)32(41)34-33-35-37-38-36-33/h4-5,8-20,25H,1-3,6-7,21-22H2,(H2,34,35,36,37,38,41). The predicted octanol–water partition coefficient (Wildman–Crippen LogP) is 6.43. The first-order valence-electron chi connectivity index (χ1n) is 14.1. The molecule has 41 heavy (non-hydrogen) atoms. The number of tetrazole rings is 1. The molecule has 0 saturated heterocycles. The molecule has 1 aliphatic rings. The van der Waals surface area contributed by atoms with Crippen LogP contribution < -0.4 is 10.2 Å². The van der Waals surface area contributed by atoms with Crippen LogP contribution in [0.5, 0.6) is 0 Å². The van der Waals surface area contributed by atoms with E-state index < -0.39 is 0 Å².